The Balaban J connectivity index is 2.22. The highest BCUT2D eigenvalue weighted by molar-refractivity contribution is 9.08. The highest BCUT2D eigenvalue weighted by Gasteiger charge is 2.05. The third-order valence-electron chi connectivity index (χ3n) is 2.06. The summed E-state index contributed by atoms with van der Waals surface area (Å²) >= 11 is 9.23. The Hall–Kier alpha value is -0.940. The van der Waals surface area contributed by atoms with Crippen LogP contribution in [0.15, 0.2) is 24.4 Å². The van der Waals surface area contributed by atoms with Gasteiger partial charge in [-0.3, -0.25) is 0 Å². The Kier molecular flexibility index (Phi) is 3.56. The SMILES string of the molecule is Fc1ccc(Cl)c(Cn2cc(CBr)nn2)c1. The molecule has 0 spiro atoms. The summed E-state index contributed by atoms with van der Waals surface area (Å²) in [6.07, 6.45) is 1.79. The van der Waals surface area contributed by atoms with Gasteiger partial charge in [-0.25, -0.2) is 9.07 Å². The second-order valence-corrected chi connectivity index (χ2v) is 4.24. The molecule has 0 fully saturated rings. The fourth-order valence-electron chi connectivity index (χ4n) is 1.32. The molecular formula is C10H8BrClFN3. The van der Waals surface area contributed by atoms with E-state index in [0.717, 1.165) is 5.69 Å². The number of aromatic nitrogens is 3. The van der Waals surface area contributed by atoms with Gasteiger partial charge in [0.25, 0.3) is 0 Å². The van der Waals surface area contributed by atoms with Crippen molar-refractivity contribution in [3.05, 3.63) is 46.5 Å². The van der Waals surface area contributed by atoms with Gasteiger partial charge in [0.05, 0.1) is 12.2 Å². The van der Waals surface area contributed by atoms with Gasteiger partial charge >= 0.3 is 0 Å². The van der Waals surface area contributed by atoms with Crippen LogP contribution in [0.2, 0.25) is 5.02 Å². The van der Waals surface area contributed by atoms with Crippen molar-refractivity contribution in [2.75, 3.05) is 0 Å². The molecule has 0 atom stereocenters. The molecule has 0 saturated carbocycles. The predicted octanol–water partition coefficient (Wildman–Crippen LogP) is 3.01. The van der Waals surface area contributed by atoms with Gasteiger partial charge in [-0.15, -0.1) is 5.10 Å². The van der Waals surface area contributed by atoms with Crippen molar-refractivity contribution < 1.29 is 4.39 Å². The standard InChI is InChI=1S/C10H8BrClFN3/c11-4-9-6-16(15-14-9)5-7-3-8(13)1-2-10(7)12/h1-3,6H,4-5H2. The lowest BCUT2D eigenvalue weighted by atomic mass is 10.2. The quantitative estimate of drug-likeness (QED) is 0.816. The van der Waals surface area contributed by atoms with Crippen molar-refractivity contribution in [1.82, 2.24) is 15.0 Å². The molecule has 1 aromatic carbocycles. The largest absolute Gasteiger partial charge is 0.248 e. The minimum absolute atomic E-state index is 0.305. The van der Waals surface area contributed by atoms with E-state index in [4.69, 9.17) is 11.6 Å². The first kappa shape index (κ1) is 11.5. The van der Waals surface area contributed by atoms with Gasteiger partial charge in [-0.2, -0.15) is 0 Å². The third-order valence-corrected chi connectivity index (χ3v) is 3.01. The van der Waals surface area contributed by atoms with Crippen molar-refractivity contribution in [3.63, 3.8) is 0 Å². The van der Waals surface area contributed by atoms with Crippen LogP contribution in [0.3, 0.4) is 0 Å². The molecule has 0 radical (unpaired) electrons. The zero-order valence-corrected chi connectivity index (χ0v) is 10.5. The van der Waals surface area contributed by atoms with Gasteiger partial charge in [-0.1, -0.05) is 32.7 Å². The fraction of sp³-hybridized carbons (Fsp3) is 0.200. The molecule has 0 aliphatic rings. The van der Waals surface area contributed by atoms with Crippen LogP contribution in [-0.2, 0) is 11.9 Å². The topological polar surface area (TPSA) is 30.7 Å². The second-order valence-electron chi connectivity index (χ2n) is 3.28. The number of halogens is 3. The van der Waals surface area contributed by atoms with Gasteiger partial charge in [-0.05, 0) is 23.8 Å². The van der Waals surface area contributed by atoms with Crippen LogP contribution in [0, 0.1) is 5.82 Å². The molecule has 0 amide bonds. The van der Waals surface area contributed by atoms with E-state index in [1.54, 1.807) is 10.9 Å². The van der Waals surface area contributed by atoms with Crippen molar-refractivity contribution in [1.29, 1.82) is 0 Å². The van der Waals surface area contributed by atoms with Crippen molar-refractivity contribution in [2.45, 2.75) is 11.9 Å². The number of rotatable bonds is 3. The molecule has 6 heteroatoms. The van der Waals surface area contributed by atoms with E-state index < -0.39 is 0 Å². The number of hydrogen-bond acceptors (Lipinski definition) is 2. The molecule has 0 unspecified atom stereocenters. The molecule has 0 aliphatic carbocycles. The summed E-state index contributed by atoms with van der Waals surface area (Å²) < 4.78 is 14.6. The second kappa shape index (κ2) is 4.93. The van der Waals surface area contributed by atoms with Gasteiger partial charge in [0.2, 0.25) is 0 Å². The maximum Gasteiger partial charge on any atom is 0.123 e. The first-order valence-corrected chi connectivity index (χ1v) is 6.08. The van der Waals surface area contributed by atoms with E-state index in [2.05, 4.69) is 26.2 Å². The molecule has 84 valence electrons. The molecule has 2 aromatic rings. The summed E-state index contributed by atoms with van der Waals surface area (Å²) in [6.45, 7) is 0.413. The lowest BCUT2D eigenvalue weighted by Gasteiger charge is -2.03. The Bertz CT molecular complexity index is 501. The number of hydrogen-bond donors (Lipinski definition) is 0. The summed E-state index contributed by atoms with van der Waals surface area (Å²) in [5.74, 6) is -0.305. The summed E-state index contributed by atoms with van der Waals surface area (Å²) in [4.78, 5) is 0. The molecule has 1 heterocycles. The number of alkyl halides is 1. The van der Waals surface area contributed by atoms with E-state index in [9.17, 15) is 4.39 Å². The normalized spacial score (nSPS) is 10.7. The van der Waals surface area contributed by atoms with Gasteiger partial charge < -0.3 is 0 Å². The smallest absolute Gasteiger partial charge is 0.123 e. The Morgan fingerprint density at radius 1 is 1.44 bits per heavy atom. The van der Waals surface area contributed by atoms with Crippen molar-refractivity contribution >= 4 is 27.5 Å². The molecule has 1 aromatic heterocycles. The summed E-state index contributed by atoms with van der Waals surface area (Å²) in [6, 6.07) is 4.27. The van der Waals surface area contributed by atoms with Gasteiger partial charge in [0.1, 0.15) is 5.82 Å². The molecule has 2 rings (SSSR count). The first-order chi connectivity index (χ1) is 7.69. The van der Waals surface area contributed by atoms with Crippen LogP contribution >= 0.6 is 27.5 Å². The molecule has 0 N–H and O–H groups in total. The van der Waals surface area contributed by atoms with E-state index in [0.29, 0.717) is 22.5 Å². The summed E-state index contributed by atoms with van der Waals surface area (Å²) in [5, 5.41) is 8.99. The third kappa shape index (κ3) is 2.59. The maximum atomic E-state index is 13.0. The van der Waals surface area contributed by atoms with E-state index in [-0.39, 0.29) is 5.82 Å². The minimum atomic E-state index is -0.305. The van der Waals surface area contributed by atoms with Crippen LogP contribution in [0.25, 0.3) is 0 Å². The molecule has 0 saturated heterocycles. The lowest BCUT2D eigenvalue weighted by molar-refractivity contribution is 0.614. The summed E-state index contributed by atoms with van der Waals surface area (Å²) in [7, 11) is 0. The van der Waals surface area contributed by atoms with Crippen molar-refractivity contribution in [2.24, 2.45) is 0 Å². The highest BCUT2D eigenvalue weighted by Crippen LogP contribution is 2.18. The Morgan fingerprint density at radius 2 is 2.25 bits per heavy atom. The lowest BCUT2D eigenvalue weighted by Crippen LogP contribution is -2.01. The molecule has 3 nitrogen and oxygen atoms in total. The van der Waals surface area contributed by atoms with Crippen LogP contribution in [0.1, 0.15) is 11.3 Å². The predicted molar refractivity (Wildman–Crippen MR) is 63.2 cm³/mol. The highest BCUT2D eigenvalue weighted by atomic mass is 79.9. The van der Waals surface area contributed by atoms with Gasteiger partial charge in [0, 0.05) is 16.5 Å². The van der Waals surface area contributed by atoms with Crippen LogP contribution in [0.4, 0.5) is 4.39 Å². The minimum Gasteiger partial charge on any atom is -0.248 e. The van der Waals surface area contributed by atoms with Crippen LogP contribution in [0.5, 0.6) is 0 Å². The Labute approximate surface area is 105 Å². The molecular weight excluding hydrogens is 296 g/mol. The summed E-state index contributed by atoms with van der Waals surface area (Å²) in [5.41, 5.74) is 1.51. The molecule has 0 bridgehead atoms. The number of benzene rings is 1. The van der Waals surface area contributed by atoms with Crippen LogP contribution in [-0.4, -0.2) is 15.0 Å². The first-order valence-electron chi connectivity index (χ1n) is 4.58. The van der Waals surface area contributed by atoms with Gasteiger partial charge in [0.15, 0.2) is 0 Å². The molecule has 16 heavy (non-hydrogen) atoms. The number of nitrogens with zero attached hydrogens (tertiary/aromatic N) is 3. The van der Waals surface area contributed by atoms with E-state index >= 15 is 0 Å². The monoisotopic (exact) mass is 303 g/mol. The zero-order valence-electron chi connectivity index (χ0n) is 8.20. The maximum absolute atomic E-state index is 13.0. The van der Waals surface area contributed by atoms with Crippen LogP contribution < -0.4 is 0 Å². The Morgan fingerprint density at radius 3 is 2.94 bits per heavy atom. The average molecular weight is 305 g/mol. The average Bonchev–Trinajstić information content (AvgIpc) is 2.71. The van der Waals surface area contributed by atoms with E-state index in [1.807, 2.05) is 0 Å². The fourth-order valence-corrected chi connectivity index (χ4v) is 1.75. The van der Waals surface area contributed by atoms with E-state index in [1.165, 1.54) is 18.2 Å². The van der Waals surface area contributed by atoms with Crippen molar-refractivity contribution in [3.8, 4) is 0 Å². The zero-order chi connectivity index (χ0) is 11.5. The molecule has 0 aliphatic heterocycles.